The van der Waals surface area contributed by atoms with Gasteiger partial charge in [0, 0.05) is 0 Å². The Balaban J connectivity index is 3.47. The molecule has 3 nitrogen and oxygen atoms in total. The number of carbonyl (C=O) groups is 1. The number of pyridine rings is 1. The van der Waals surface area contributed by atoms with Gasteiger partial charge in [-0.1, -0.05) is 0 Å². The third kappa shape index (κ3) is 2.49. The van der Waals surface area contributed by atoms with E-state index in [9.17, 15) is 13.6 Å². The van der Waals surface area contributed by atoms with Crippen LogP contribution < -0.4 is 0 Å². The zero-order valence-electron chi connectivity index (χ0n) is 6.97. The highest BCUT2D eigenvalue weighted by Crippen LogP contribution is 2.29. The summed E-state index contributed by atoms with van der Waals surface area (Å²) < 4.78 is 24.7. The molecule has 0 aromatic carbocycles. The number of halogens is 4. The van der Waals surface area contributed by atoms with Gasteiger partial charge in [0.15, 0.2) is 0 Å². The van der Waals surface area contributed by atoms with Crippen LogP contribution in [0.3, 0.4) is 0 Å². The molecule has 0 amide bonds. The highest BCUT2D eigenvalue weighted by molar-refractivity contribution is 9.10. The van der Waals surface area contributed by atoms with E-state index in [0.717, 1.165) is 6.07 Å². The van der Waals surface area contributed by atoms with Crippen LogP contribution in [0.25, 0.3) is 0 Å². The van der Waals surface area contributed by atoms with Gasteiger partial charge in [-0.3, -0.25) is 4.79 Å². The van der Waals surface area contributed by atoms with E-state index in [4.69, 9.17) is 16.9 Å². The van der Waals surface area contributed by atoms with E-state index >= 15 is 0 Å². The number of nitriles is 1. The number of hydrogen-bond acceptors (Lipinski definition) is 3. The zero-order chi connectivity index (χ0) is 11.6. The number of nitrogens with zero attached hydrogens (tertiary/aromatic N) is 2. The predicted molar refractivity (Wildman–Crippen MR) is 51.8 cm³/mol. The lowest BCUT2D eigenvalue weighted by atomic mass is 10.2. The molecule has 0 unspecified atom stereocenters. The van der Waals surface area contributed by atoms with E-state index in [1.807, 2.05) is 0 Å². The van der Waals surface area contributed by atoms with E-state index < -0.39 is 17.4 Å². The second-order valence-electron chi connectivity index (χ2n) is 2.44. The van der Waals surface area contributed by atoms with E-state index in [1.54, 1.807) is 6.07 Å². The summed E-state index contributed by atoms with van der Waals surface area (Å²) in [6.07, 6.45) is -2.89. The smallest absolute Gasteiger partial charge is 0.274 e. The van der Waals surface area contributed by atoms with Gasteiger partial charge < -0.3 is 0 Å². The lowest BCUT2D eigenvalue weighted by molar-refractivity contribution is 0.107. The average molecular weight is 295 g/mol. The van der Waals surface area contributed by atoms with Gasteiger partial charge in [-0.25, -0.2) is 13.8 Å². The van der Waals surface area contributed by atoms with E-state index in [-0.39, 0.29) is 15.7 Å². The van der Waals surface area contributed by atoms with Crippen LogP contribution in [0.5, 0.6) is 0 Å². The van der Waals surface area contributed by atoms with Gasteiger partial charge in [-0.05, 0) is 33.6 Å². The maximum absolute atomic E-state index is 12.4. The summed E-state index contributed by atoms with van der Waals surface area (Å²) >= 11 is 7.90. The Hall–Kier alpha value is -1.06. The minimum atomic E-state index is -2.89. The second-order valence-corrected chi connectivity index (χ2v) is 3.58. The summed E-state index contributed by atoms with van der Waals surface area (Å²) in [4.78, 5) is 14.1. The number of carbonyl (C=O) groups excluding carboxylic acids is 1. The number of alkyl halides is 2. The van der Waals surface area contributed by atoms with Crippen LogP contribution in [-0.4, -0.2) is 10.2 Å². The standard InChI is InChI=1S/C8H2BrClF2N2O/c9-5-3(2-13)1-4(7(10)15)14-6(5)8(11)12/h1,8H. The lowest BCUT2D eigenvalue weighted by Crippen LogP contribution is -2.02. The highest BCUT2D eigenvalue weighted by atomic mass is 79.9. The van der Waals surface area contributed by atoms with Crippen molar-refractivity contribution < 1.29 is 13.6 Å². The molecule has 1 rings (SSSR count). The summed E-state index contributed by atoms with van der Waals surface area (Å²) in [6, 6.07) is 2.70. The third-order valence-corrected chi connectivity index (χ3v) is 2.54. The van der Waals surface area contributed by atoms with Crippen LogP contribution in [0, 0.1) is 11.3 Å². The summed E-state index contributed by atoms with van der Waals surface area (Å²) in [6.45, 7) is 0. The van der Waals surface area contributed by atoms with Crippen molar-refractivity contribution in [1.29, 1.82) is 5.26 Å². The first kappa shape index (κ1) is 12.0. The Morgan fingerprint density at radius 3 is 2.67 bits per heavy atom. The van der Waals surface area contributed by atoms with E-state index in [0.29, 0.717) is 0 Å². The van der Waals surface area contributed by atoms with Crippen molar-refractivity contribution in [1.82, 2.24) is 4.98 Å². The van der Waals surface area contributed by atoms with Gasteiger partial charge in [-0.2, -0.15) is 5.26 Å². The third-order valence-electron chi connectivity index (χ3n) is 1.51. The average Bonchev–Trinajstić information content (AvgIpc) is 2.17. The molecule has 0 radical (unpaired) electrons. The largest absolute Gasteiger partial charge is 0.281 e. The quantitative estimate of drug-likeness (QED) is 0.788. The molecule has 0 bridgehead atoms. The fourth-order valence-electron chi connectivity index (χ4n) is 0.876. The van der Waals surface area contributed by atoms with Gasteiger partial charge in [0.25, 0.3) is 11.7 Å². The maximum Gasteiger partial charge on any atom is 0.281 e. The topological polar surface area (TPSA) is 53.8 Å². The second kappa shape index (κ2) is 4.64. The zero-order valence-corrected chi connectivity index (χ0v) is 9.31. The molecule has 15 heavy (non-hydrogen) atoms. The number of hydrogen-bond donors (Lipinski definition) is 0. The molecule has 0 atom stereocenters. The normalized spacial score (nSPS) is 10.1. The van der Waals surface area contributed by atoms with Gasteiger partial charge in [-0.15, -0.1) is 0 Å². The first-order valence-electron chi connectivity index (χ1n) is 3.56. The molecule has 7 heteroatoms. The monoisotopic (exact) mass is 294 g/mol. The fourth-order valence-corrected chi connectivity index (χ4v) is 1.44. The number of rotatable bonds is 2. The van der Waals surface area contributed by atoms with Crippen LogP contribution in [0.4, 0.5) is 8.78 Å². The highest BCUT2D eigenvalue weighted by Gasteiger charge is 2.20. The van der Waals surface area contributed by atoms with Gasteiger partial charge in [0.2, 0.25) is 0 Å². The Labute approximate surface area is 96.8 Å². The van der Waals surface area contributed by atoms with Crippen LogP contribution in [0.15, 0.2) is 10.5 Å². The first-order chi connectivity index (χ1) is 6.97. The molecule has 0 aliphatic rings. The Morgan fingerprint density at radius 2 is 2.27 bits per heavy atom. The summed E-state index contributed by atoms with van der Waals surface area (Å²) in [5.41, 5.74) is -1.14. The minimum absolute atomic E-state index is 0.107. The maximum atomic E-state index is 12.4. The molecular formula is C8H2BrClF2N2O. The van der Waals surface area contributed by atoms with Crippen molar-refractivity contribution >= 4 is 32.8 Å². The Kier molecular flexibility index (Phi) is 3.72. The lowest BCUT2D eigenvalue weighted by Gasteiger charge is -2.05. The van der Waals surface area contributed by atoms with Crippen molar-refractivity contribution in [3.8, 4) is 6.07 Å². The SMILES string of the molecule is N#Cc1cc(C(=O)Cl)nc(C(F)F)c1Br. The molecule has 1 aromatic heterocycles. The molecule has 0 spiro atoms. The molecule has 0 saturated carbocycles. The van der Waals surface area contributed by atoms with E-state index in [2.05, 4.69) is 20.9 Å². The van der Waals surface area contributed by atoms with Crippen LogP contribution >= 0.6 is 27.5 Å². The molecule has 0 fully saturated rings. The Morgan fingerprint density at radius 1 is 1.67 bits per heavy atom. The van der Waals surface area contributed by atoms with Gasteiger partial charge in [0.1, 0.15) is 17.5 Å². The Bertz CT molecular complexity index is 459. The van der Waals surface area contributed by atoms with Crippen molar-refractivity contribution in [2.45, 2.75) is 6.43 Å². The summed E-state index contributed by atoms with van der Waals surface area (Å²) in [5, 5.41) is 7.64. The van der Waals surface area contributed by atoms with Gasteiger partial charge in [0.05, 0.1) is 10.0 Å². The first-order valence-corrected chi connectivity index (χ1v) is 4.73. The fraction of sp³-hybridized carbons (Fsp3) is 0.125. The van der Waals surface area contributed by atoms with Crippen molar-refractivity contribution in [3.63, 3.8) is 0 Å². The van der Waals surface area contributed by atoms with E-state index in [1.165, 1.54) is 0 Å². The van der Waals surface area contributed by atoms with Crippen LogP contribution in [-0.2, 0) is 0 Å². The molecule has 0 aliphatic carbocycles. The number of aromatic nitrogens is 1. The molecule has 78 valence electrons. The minimum Gasteiger partial charge on any atom is -0.274 e. The molecule has 0 N–H and O–H groups in total. The van der Waals surface area contributed by atoms with Crippen molar-refractivity contribution in [3.05, 3.63) is 27.5 Å². The van der Waals surface area contributed by atoms with Crippen LogP contribution in [0.2, 0.25) is 0 Å². The van der Waals surface area contributed by atoms with Gasteiger partial charge >= 0.3 is 0 Å². The molecule has 0 saturated heterocycles. The summed E-state index contributed by atoms with van der Waals surface area (Å²) in [7, 11) is 0. The van der Waals surface area contributed by atoms with Crippen molar-refractivity contribution in [2.24, 2.45) is 0 Å². The molecule has 1 aromatic rings. The summed E-state index contributed by atoms with van der Waals surface area (Å²) in [5.74, 6) is 0. The van der Waals surface area contributed by atoms with Crippen LogP contribution in [0.1, 0.15) is 28.2 Å². The van der Waals surface area contributed by atoms with Crippen molar-refractivity contribution in [2.75, 3.05) is 0 Å². The molecular weight excluding hydrogens is 293 g/mol. The molecule has 0 aliphatic heterocycles. The predicted octanol–water partition coefficient (Wildman–Crippen LogP) is 3.03. The molecule has 1 heterocycles.